The Bertz CT molecular complexity index is 1050. The molecule has 1 aliphatic heterocycles. The summed E-state index contributed by atoms with van der Waals surface area (Å²) >= 11 is 0. The van der Waals surface area contributed by atoms with E-state index in [1.165, 1.54) is 19.3 Å². The lowest BCUT2D eigenvalue weighted by Gasteiger charge is -2.09. The molecule has 0 spiro atoms. The molecule has 6 heteroatoms. The van der Waals surface area contributed by atoms with Crippen molar-refractivity contribution >= 4 is 12.0 Å². The second kappa shape index (κ2) is 9.11. The van der Waals surface area contributed by atoms with Crippen LogP contribution in [0.25, 0.3) is 11.8 Å². The van der Waals surface area contributed by atoms with Crippen molar-refractivity contribution < 1.29 is 4.79 Å². The molecule has 3 heterocycles. The molecule has 0 radical (unpaired) electrons. The lowest BCUT2D eigenvalue weighted by Crippen LogP contribution is -2.24. The number of aryl methyl sites for hydroxylation is 2. The minimum absolute atomic E-state index is 0.0879. The maximum absolute atomic E-state index is 12.3. The normalized spacial score (nSPS) is 13.9. The summed E-state index contributed by atoms with van der Waals surface area (Å²) in [5.74, 6) is 1.97. The Balaban J connectivity index is 1.35. The highest BCUT2D eigenvalue weighted by Gasteiger charge is 2.14. The highest BCUT2D eigenvalue weighted by molar-refractivity contribution is 5.91. The molecule has 2 aromatic heterocycles. The Morgan fingerprint density at radius 3 is 2.80 bits per heavy atom. The van der Waals surface area contributed by atoms with E-state index in [1.807, 2.05) is 24.3 Å². The van der Waals surface area contributed by atoms with Gasteiger partial charge in [-0.25, -0.2) is 0 Å². The Morgan fingerprint density at radius 2 is 1.97 bits per heavy atom. The second-order valence-corrected chi connectivity index (χ2v) is 7.87. The van der Waals surface area contributed by atoms with Gasteiger partial charge in [0.05, 0.1) is 0 Å². The summed E-state index contributed by atoms with van der Waals surface area (Å²) in [6.07, 6.45) is 8.81. The molecule has 0 saturated carbocycles. The van der Waals surface area contributed by atoms with E-state index in [9.17, 15) is 4.79 Å². The Hall–Kier alpha value is -3.15. The first-order valence-corrected chi connectivity index (χ1v) is 10.7. The minimum atomic E-state index is -0.0879. The third-order valence-electron chi connectivity index (χ3n) is 5.73. The molecule has 1 aromatic carbocycles. The van der Waals surface area contributed by atoms with Gasteiger partial charge in [0.25, 0.3) is 0 Å². The molecule has 156 valence electrons. The number of carbonyl (C=O) groups excluding carboxylic acids is 1. The maximum Gasteiger partial charge on any atom is 0.244 e. The first kappa shape index (κ1) is 20.1. The number of fused-ring (bicyclic) bond motifs is 1. The molecule has 0 unspecified atom stereocenters. The predicted molar refractivity (Wildman–Crippen MR) is 119 cm³/mol. The molecule has 0 aliphatic carbocycles. The molecule has 0 saturated heterocycles. The van der Waals surface area contributed by atoms with Crippen molar-refractivity contribution in [3.05, 3.63) is 71.1 Å². The summed E-state index contributed by atoms with van der Waals surface area (Å²) in [4.78, 5) is 12.3. The van der Waals surface area contributed by atoms with Crippen LogP contribution in [0.1, 0.15) is 47.9 Å². The number of hydrogen-bond donors (Lipinski definition) is 1. The van der Waals surface area contributed by atoms with E-state index in [0.717, 1.165) is 47.3 Å². The van der Waals surface area contributed by atoms with E-state index in [0.29, 0.717) is 13.0 Å². The van der Waals surface area contributed by atoms with Crippen molar-refractivity contribution in [2.24, 2.45) is 0 Å². The molecule has 30 heavy (non-hydrogen) atoms. The first-order valence-electron chi connectivity index (χ1n) is 10.7. The lowest BCUT2D eigenvalue weighted by atomic mass is 10.2. The van der Waals surface area contributed by atoms with E-state index in [2.05, 4.69) is 56.7 Å². The molecular weight excluding hydrogens is 374 g/mol. The van der Waals surface area contributed by atoms with Gasteiger partial charge in [0, 0.05) is 49.1 Å². The highest BCUT2D eigenvalue weighted by Crippen LogP contribution is 2.21. The summed E-state index contributed by atoms with van der Waals surface area (Å²) in [6.45, 7) is 5.71. The largest absolute Gasteiger partial charge is 0.352 e. The van der Waals surface area contributed by atoms with Gasteiger partial charge in [-0.2, -0.15) is 0 Å². The average Bonchev–Trinajstić information content (AvgIpc) is 3.15. The van der Waals surface area contributed by atoms with Crippen LogP contribution in [0.4, 0.5) is 0 Å². The smallest absolute Gasteiger partial charge is 0.244 e. The summed E-state index contributed by atoms with van der Waals surface area (Å²) in [7, 11) is 0. The average molecular weight is 404 g/mol. The fourth-order valence-electron chi connectivity index (χ4n) is 4.18. The Kier molecular flexibility index (Phi) is 6.12. The van der Waals surface area contributed by atoms with Crippen LogP contribution in [-0.4, -0.2) is 31.8 Å². The Labute approximate surface area is 177 Å². The van der Waals surface area contributed by atoms with Crippen molar-refractivity contribution in [3.63, 3.8) is 0 Å². The number of rotatable bonds is 6. The second-order valence-electron chi connectivity index (χ2n) is 7.87. The van der Waals surface area contributed by atoms with E-state index in [1.54, 1.807) is 6.08 Å². The zero-order chi connectivity index (χ0) is 20.9. The van der Waals surface area contributed by atoms with Crippen LogP contribution in [0.2, 0.25) is 0 Å². The molecule has 3 aromatic rings. The van der Waals surface area contributed by atoms with Gasteiger partial charge < -0.3 is 14.5 Å². The van der Waals surface area contributed by atoms with Crippen LogP contribution in [0.5, 0.6) is 0 Å². The van der Waals surface area contributed by atoms with Gasteiger partial charge in [0.2, 0.25) is 5.91 Å². The fraction of sp³-hybridized carbons (Fsp3) is 0.375. The summed E-state index contributed by atoms with van der Waals surface area (Å²) < 4.78 is 4.43. The standard InChI is InChI=1S/C24H29N5O/c1-18-17-20(19(2)29(18)21-9-5-3-6-10-21)12-13-24(30)25-15-14-23-27-26-22-11-7-4-8-16-28(22)23/h3,5-6,9-10,12-13,17H,4,7-8,11,14-16H2,1-2H3,(H,25,30)/b13-12+. The third-order valence-corrected chi connectivity index (χ3v) is 5.73. The highest BCUT2D eigenvalue weighted by atomic mass is 16.1. The van der Waals surface area contributed by atoms with Crippen LogP contribution in [0.3, 0.4) is 0 Å². The number of para-hydroxylation sites is 1. The quantitative estimate of drug-likeness (QED) is 0.637. The minimum Gasteiger partial charge on any atom is -0.352 e. The molecule has 4 rings (SSSR count). The SMILES string of the molecule is Cc1cc(/C=C/C(=O)NCCc2nnc3n2CCCCC3)c(C)n1-c1ccccc1. The number of nitrogens with one attached hydrogen (secondary N) is 1. The number of carbonyl (C=O) groups is 1. The summed E-state index contributed by atoms with van der Waals surface area (Å²) in [5, 5.41) is 11.6. The van der Waals surface area contributed by atoms with Gasteiger partial charge >= 0.3 is 0 Å². The van der Waals surface area contributed by atoms with Crippen LogP contribution in [0, 0.1) is 13.8 Å². The number of hydrogen-bond acceptors (Lipinski definition) is 3. The summed E-state index contributed by atoms with van der Waals surface area (Å²) in [6, 6.07) is 12.4. The topological polar surface area (TPSA) is 64.7 Å². The molecule has 1 N–H and O–H groups in total. The molecule has 0 atom stereocenters. The molecule has 0 fully saturated rings. The van der Waals surface area contributed by atoms with Gasteiger partial charge in [0.1, 0.15) is 11.6 Å². The van der Waals surface area contributed by atoms with Gasteiger partial charge in [-0.1, -0.05) is 24.6 Å². The van der Waals surface area contributed by atoms with Crippen LogP contribution in [0.15, 0.2) is 42.5 Å². The van der Waals surface area contributed by atoms with Crippen molar-refractivity contribution in [2.45, 2.75) is 52.5 Å². The number of benzene rings is 1. The zero-order valence-corrected chi connectivity index (χ0v) is 17.8. The fourth-order valence-corrected chi connectivity index (χ4v) is 4.18. The Morgan fingerprint density at radius 1 is 1.13 bits per heavy atom. The van der Waals surface area contributed by atoms with Gasteiger partial charge in [0.15, 0.2) is 0 Å². The summed E-state index contributed by atoms with van der Waals surface area (Å²) in [5.41, 5.74) is 4.44. The van der Waals surface area contributed by atoms with Crippen molar-refractivity contribution in [2.75, 3.05) is 6.54 Å². The lowest BCUT2D eigenvalue weighted by molar-refractivity contribution is -0.116. The number of nitrogens with zero attached hydrogens (tertiary/aromatic N) is 4. The molecular formula is C24H29N5O. The van der Waals surface area contributed by atoms with Gasteiger partial charge in [-0.05, 0) is 56.5 Å². The van der Waals surface area contributed by atoms with E-state index >= 15 is 0 Å². The zero-order valence-electron chi connectivity index (χ0n) is 17.8. The predicted octanol–water partition coefficient (Wildman–Crippen LogP) is 3.78. The van der Waals surface area contributed by atoms with E-state index in [4.69, 9.17) is 0 Å². The maximum atomic E-state index is 12.3. The van der Waals surface area contributed by atoms with Crippen molar-refractivity contribution in [3.8, 4) is 5.69 Å². The monoisotopic (exact) mass is 403 g/mol. The van der Waals surface area contributed by atoms with Crippen molar-refractivity contribution in [1.82, 2.24) is 24.6 Å². The van der Waals surface area contributed by atoms with Crippen molar-refractivity contribution in [1.29, 1.82) is 0 Å². The first-order chi connectivity index (χ1) is 14.6. The van der Waals surface area contributed by atoms with Crippen LogP contribution < -0.4 is 5.32 Å². The third kappa shape index (κ3) is 4.37. The van der Waals surface area contributed by atoms with Gasteiger partial charge in [-0.3, -0.25) is 4.79 Å². The van der Waals surface area contributed by atoms with Gasteiger partial charge in [-0.15, -0.1) is 10.2 Å². The molecule has 1 aliphatic rings. The number of aromatic nitrogens is 4. The molecule has 0 bridgehead atoms. The number of amides is 1. The van der Waals surface area contributed by atoms with E-state index in [-0.39, 0.29) is 5.91 Å². The van der Waals surface area contributed by atoms with Crippen LogP contribution >= 0.6 is 0 Å². The van der Waals surface area contributed by atoms with Crippen LogP contribution in [-0.2, 0) is 24.2 Å². The molecule has 1 amide bonds. The van der Waals surface area contributed by atoms with E-state index < -0.39 is 0 Å². The molecule has 6 nitrogen and oxygen atoms in total.